The van der Waals surface area contributed by atoms with Crippen LogP contribution in [0.25, 0.3) is 0 Å². The fourth-order valence-corrected chi connectivity index (χ4v) is 5.36. The molecule has 2 rings (SSSR count). The highest BCUT2D eigenvalue weighted by Crippen LogP contribution is 2.39. The number of methoxy groups -OCH3 is 1. The molecule has 1 aromatic carbocycles. The van der Waals surface area contributed by atoms with Crippen LogP contribution in [-0.4, -0.2) is 23.2 Å². The van der Waals surface area contributed by atoms with Gasteiger partial charge in [0.25, 0.3) is 6.43 Å². The summed E-state index contributed by atoms with van der Waals surface area (Å²) in [6.07, 6.45) is 1.76. The second kappa shape index (κ2) is 7.99. The van der Waals surface area contributed by atoms with Crippen molar-refractivity contribution < 1.29 is 17.9 Å². The Labute approximate surface area is 126 Å². The van der Waals surface area contributed by atoms with Crippen LogP contribution in [0.15, 0.2) is 18.2 Å². The van der Waals surface area contributed by atoms with Gasteiger partial charge in [0.1, 0.15) is 5.82 Å². The van der Waals surface area contributed by atoms with Gasteiger partial charge in [0.2, 0.25) is 0 Å². The molecule has 1 aliphatic rings. The quantitative estimate of drug-likeness (QED) is 0.557. The molecule has 1 aromatic rings. The second-order valence-corrected chi connectivity index (χ2v) is 8.37. The fourth-order valence-electron chi connectivity index (χ4n) is 3.28. The van der Waals surface area contributed by atoms with Gasteiger partial charge in [-0.3, -0.25) is 0 Å². The lowest BCUT2D eigenvalue weighted by Gasteiger charge is -2.28. The lowest BCUT2D eigenvalue weighted by atomic mass is 9.83. The van der Waals surface area contributed by atoms with E-state index in [1.807, 2.05) is 0 Å². The van der Waals surface area contributed by atoms with Gasteiger partial charge in [0, 0.05) is 23.2 Å². The molecule has 0 saturated heterocycles. The van der Waals surface area contributed by atoms with E-state index in [1.165, 1.54) is 31.0 Å². The number of halogens is 3. The molecule has 1 fully saturated rings. The largest absolute Gasteiger partial charge is 0.385 e. The van der Waals surface area contributed by atoms with E-state index in [9.17, 15) is 13.2 Å². The zero-order valence-electron chi connectivity index (χ0n) is 12.5. The molecule has 0 heterocycles. The zero-order chi connectivity index (χ0) is 15.2. The van der Waals surface area contributed by atoms with Crippen molar-refractivity contribution in [2.75, 3.05) is 13.7 Å². The number of benzene rings is 1. The molecule has 0 spiro atoms. The van der Waals surface area contributed by atoms with Gasteiger partial charge in [0.15, 0.2) is 0 Å². The topological polar surface area (TPSA) is 9.23 Å². The number of ether oxygens (including phenoxy) is 1. The molecule has 0 atom stereocenters. The van der Waals surface area contributed by atoms with Crippen LogP contribution < -0.4 is 0 Å². The van der Waals surface area contributed by atoms with Gasteiger partial charge in [-0.2, -0.15) is 0 Å². The van der Waals surface area contributed by atoms with E-state index in [0.717, 1.165) is 30.6 Å². The van der Waals surface area contributed by atoms with Crippen LogP contribution >= 0.6 is 0 Å². The summed E-state index contributed by atoms with van der Waals surface area (Å²) in [5.74, 6) is -0.432. The Balaban J connectivity index is 1.89. The summed E-state index contributed by atoms with van der Waals surface area (Å²) < 4.78 is 43.9. The number of alkyl halides is 2. The zero-order valence-corrected chi connectivity index (χ0v) is 13.9. The Bertz CT molecular complexity index is 445. The smallest absolute Gasteiger partial charge is 0.266 e. The summed E-state index contributed by atoms with van der Waals surface area (Å²) in [5.41, 5.74) is 1.26. The van der Waals surface area contributed by atoms with Crippen molar-refractivity contribution in [2.24, 2.45) is 0 Å². The van der Waals surface area contributed by atoms with Crippen molar-refractivity contribution in [1.29, 1.82) is 0 Å². The monoisotopic (exact) mass is 316 g/mol. The van der Waals surface area contributed by atoms with Crippen LogP contribution in [-0.2, 0) is 4.74 Å². The summed E-state index contributed by atoms with van der Waals surface area (Å²) in [5, 5.41) is 0. The maximum Gasteiger partial charge on any atom is 0.266 e. The van der Waals surface area contributed by atoms with Crippen LogP contribution in [0.4, 0.5) is 13.2 Å². The van der Waals surface area contributed by atoms with Gasteiger partial charge in [-0.25, -0.2) is 13.2 Å². The average Bonchev–Trinajstić information content (AvgIpc) is 2.48. The first-order valence-corrected chi connectivity index (χ1v) is 9.50. The molecule has 0 aliphatic heterocycles. The average molecular weight is 316 g/mol. The number of hydrogen-bond acceptors (Lipinski definition) is 1. The van der Waals surface area contributed by atoms with Crippen molar-refractivity contribution in [1.82, 2.24) is 0 Å². The van der Waals surface area contributed by atoms with Crippen LogP contribution in [0.1, 0.15) is 49.2 Å². The second-order valence-electron chi connectivity index (χ2n) is 5.93. The van der Waals surface area contributed by atoms with Gasteiger partial charge in [-0.15, -0.1) is 0 Å². The number of hydrogen-bond donors (Lipinski definition) is 0. The Morgan fingerprint density at radius 2 is 1.95 bits per heavy atom. The van der Waals surface area contributed by atoms with Crippen molar-refractivity contribution in [3.63, 3.8) is 0 Å². The highest BCUT2D eigenvalue weighted by atomic mass is 28.2. The third-order valence-corrected chi connectivity index (χ3v) is 6.87. The van der Waals surface area contributed by atoms with Crippen molar-refractivity contribution in [2.45, 2.75) is 49.6 Å². The van der Waals surface area contributed by atoms with E-state index in [2.05, 4.69) is 0 Å². The molecule has 5 heteroatoms. The van der Waals surface area contributed by atoms with Crippen molar-refractivity contribution in [3.05, 3.63) is 35.1 Å². The molecular formula is C16H23F3OSi. The van der Waals surface area contributed by atoms with Gasteiger partial charge >= 0.3 is 0 Å². The van der Waals surface area contributed by atoms with Gasteiger partial charge in [-0.05, 0) is 36.4 Å². The van der Waals surface area contributed by atoms with E-state index >= 15 is 0 Å². The molecule has 0 N–H and O–H groups in total. The Morgan fingerprint density at radius 1 is 1.24 bits per heavy atom. The van der Waals surface area contributed by atoms with Gasteiger partial charge in [-0.1, -0.05) is 30.5 Å². The molecule has 0 amide bonds. The van der Waals surface area contributed by atoms with Gasteiger partial charge < -0.3 is 4.74 Å². The van der Waals surface area contributed by atoms with E-state index in [-0.39, 0.29) is 9.52 Å². The van der Waals surface area contributed by atoms with E-state index in [0.29, 0.717) is 5.92 Å². The maximum absolute atomic E-state index is 13.7. The molecule has 118 valence electrons. The lowest BCUT2D eigenvalue weighted by Crippen LogP contribution is -2.15. The molecule has 1 nitrogen and oxygen atoms in total. The molecule has 0 unspecified atom stereocenters. The molecule has 0 radical (unpaired) electrons. The summed E-state index contributed by atoms with van der Waals surface area (Å²) in [4.78, 5) is 0. The molecule has 1 saturated carbocycles. The highest BCUT2D eigenvalue weighted by molar-refractivity contribution is 6.37. The summed E-state index contributed by atoms with van der Waals surface area (Å²) in [6, 6.07) is 5.46. The van der Waals surface area contributed by atoms with Crippen molar-refractivity contribution >= 4 is 9.52 Å². The van der Waals surface area contributed by atoms with Crippen molar-refractivity contribution in [3.8, 4) is 0 Å². The molecular weight excluding hydrogens is 293 g/mol. The first-order valence-electron chi connectivity index (χ1n) is 7.68. The molecule has 0 aromatic heterocycles. The third kappa shape index (κ3) is 4.58. The fraction of sp³-hybridized carbons (Fsp3) is 0.625. The van der Waals surface area contributed by atoms with E-state index in [4.69, 9.17) is 4.74 Å². The lowest BCUT2D eigenvalue weighted by molar-refractivity contribution is 0.146. The maximum atomic E-state index is 13.7. The summed E-state index contributed by atoms with van der Waals surface area (Å²) in [7, 11) is 1.67. The van der Waals surface area contributed by atoms with E-state index < -0.39 is 17.8 Å². The van der Waals surface area contributed by atoms with Crippen LogP contribution in [0.2, 0.25) is 11.6 Å². The van der Waals surface area contributed by atoms with E-state index in [1.54, 1.807) is 13.2 Å². The predicted molar refractivity (Wildman–Crippen MR) is 81.5 cm³/mol. The minimum atomic E-state index is -2.73. The Hall–Kier alpha value is -0.813. The summed E-state index contributed by atoms with van der Waals surface area (Å²) in [6.45, 7) is 0.868. The van der Waals surface area contributed by atoms with Crippen LogP contribution in [0.5, 0.6) is 0 Å². The standard InChI is InChI=1S/C16H23F3OSi/c1-20-8-9-21-13-5-2-11(3-6-13)12-4-7-14(16(18)19)15(17)10-12/h4,7,10-11,13,16H,2-3,5-6,8-9,21H2,1H3. The first kappa shape index (κ1) is 16.6. The Kier molecular flexibility index (Phi) is 6.30. The summed E-state index contributed by atoms with van der Waals surface area (Å²) >= 11 is 0. The first-order chi connectivity index (χ1) is 10.1. The highest BCUT2D eigenvalue weighted by Gasteiger charge is 2.23. The van der Waals surface area contributed by atoms with Gasteiger partial charge in [0.05, 0.1) is 5.56 Å². The number of rotatable bonds is 6. The van der Waals surface area contributed by atoms with Crippen LogP contribution in [0.3, 0.4) is 0 Å². The van der Waals surface area contributed by atoms with Crippen LogP contribution in [0, 0.1) is 5.82 Å². The Morgan fingerprint density at radius 3 is 2.52 bits per heavy atom. The molecule has 0 bridgehead atoms. The molecule has 21 heavy (non-hydrogen) atoms. The SMILES string of the molecule is COCC[SiH2]C1CCC(c2ccc(C(F)F)c(F)c2)CC1. The predicted octanol–water partition coefficient (Wildman–Crippen LogP) is 4.44. The third-order valence-electron chi connectivity index (χ3n) is 4.54. The minimum absolute atomic E-state index is 0.0713. The molecule has 1 aliphatic carbocycles. The normalized spacial score (nSPS) is 23.3. The minimum Gasteiger partial charge on any atom is -0.385 e.